The van der Waals surface area contributed by atoms with Crippen LogP contribution in [0.15, 0.2) is 231 Å². The molecule has 0 aliphatic carbocycles. The van der Waals surface area contributed by atoms with Crippen molar-refractivity contribution in [3.05, 3.63) is 231 Å². The van der Waals surface area contributed by atoms with Crippen LogP contribution in [0, 0.1) is 0 Å². The van der Waals surface area contributed by atoms with E-state index in [1.807, 2.05) is 6.07 Å². The van der Waals surface area contributed by atoms with Gasteiger partial charge in [0.1, 0.15) is 0 Å². The van der Waals surface area contributed by atoms with Crippen molar-refractivity contribution in [1.82, 2.24) is 19.5 Å². The van der Waals surface area contributed by atoms with Gasteiger partial charge in [-0.3, -0.25) is 0 Å². The third-order valence-corrected chi connectivity index (χ3v) is 12.3. The Hall–Kier alpha value is -8.47. The van der Waals surface area contributed by atoms with E-state index >= 15 is 0 Å². The van der Waals surface area contributed by atoms with Gasteiger partial charge >= 0.3 is 0 Å². The lowest BCUT2D eigenvalue weighted by Crippen LogP contribution is -2.02. The van der Waals surface area contributed by atoms with Crippen molar-refractivity contribution in [2.75, 3.05) is 0 Å². The predicted molar refractivity (Wildman–Crippen MR) is 262 cm³/mol. The molecule has 0 aliphatic rings. The molecule has 0 bridgehead atoms. The minimum absolute atomic E-state index is 0.624. The van der Waals surface area contributed by atoms with E-state index in [1.165, 1.54) is 32.9 Å². The number of aromatic nitrogens is 4. The highest BCUT2D eigenvalue weighted by atomic mass is 15.0. The van der Waals surface area contributed by atoms with Gasteiger partial charge in [0.15, 0.2) is 17.5 Å². The SMILES string of the molecule is c1ccc(-c2ccccc2-c2nc(-c3ccc(-c4ccccc4)c4ccccc34)nc(-c3ccc(-c4ccc(-n5c6ccccc6c6ccccc65)cc4)c4ccccc34)n2)cc1. The van der Waals surface area contributed by atoms with Crippen molar-refractivity contribution in [2.24, 2.45) is 0 Å². The average Bonchev–Trinajstić information content (AvgIpc) is 3.70. The van der Waals surface area contributed by atoms with E-state index in [-0.39, 0.29) is 0 Å². The molecule has 0 N–H and O–H groups in total. The monoisotopic (exact) mass is 802 g/mol. The minimum atomic E-state index is 0.624. The number of hydrogen-bond donors (Lipinski definition) is 0. The van der Waals surface area contributed by atoms with Crippen LogP contribution in [0.25, 0.3) is 117 Å². The van der Waals surface area contributed by atoms with Crippen LogP contribution < -0.4 is 0 Å². The molecule has 0 atom stereocenters. The number of benzene rings is 10. The number of nitrogens with zero attached hydrogens (tertiary/aromatic N) is 4. The quantitative estimate of drug-likeness (QED) is 0.161. The smallest absolute Gasteiger partial charge is 0.164 e. The van der Waals surface area contributed by atoms with Crippen molar-refractivity contribution in [2.45, 2.75) is 0 Å². The van der Waals surface area contributed by atoms with E-state index in [0.29, 0.717) is 17.5 Å². The summed E-state index contributed by atoms with van der Waals surface area (Å²) < 4.78 is 2.36. The van der Waals surface area contributed by atoms with Gasteiger partial charge in [-0.15, -0.1) is 0 Å². The van der Waals surface area contributed by atoms with Crippen LogP contribution in [0.1, 0.15) is 0 Å². The summed E-state index contributed by atoms with van der Waals surface area (Å²) in [6.45, 7) is 0. The lowest BCUT2D eigenvalue weighted by Gasteiger charge is -2.16. The molecule has 12 aromatic rings. The lowest BCUT2D eigenvalue weighted by molar-refractivity contribution is 1.08. The summed E-state index contributed by atoms with van der Waals surface area (Å²) in [5.74, 6) is 1.88. The highest BCUT2D eigenvalue weighted by Crippen LogP contribution is 2.40. The molecule has 0 unspecified atom stereocenters. The van der Waals surface area contributed by atoms with E-state index in [0.717, 1.165) is 66.2 Å². The predicted octanol–water partition coefficient (Wildman–Crippen LogP) is 15.3. The number of rotatable bonds is 7. The highest BCUT2D eigenvalue weighted by Gasteiger charge is 2.20. The number of para-hydroxylation sites is 2. The van der Waals surface area contributed by atoms with Crippen LogP contribution in [-0.2, 0) is 0 Å². The average molecular weight is 803 g/mol. The zero-order valence-corrected chi connectivity index (χ0v) is 34.2. The first-order chi connectivity index (χ1) is 31.3. The molecule has 4 heteroatoms. The Morgan fingerprint density at radius 2 is 0.556 bits per heavy atom. The van der Waals surface area contributed by atoms with Gasteiger partial charge in [0.2, 0.25) is 0 Å². The van der Waals surface area contributed by atoms with Gasteiger partial charge in [0.05, 0.1) is 11.0 Å². The van der Waals surface area contributed by atoms with Crippen LogP contribution in [0.2, 0.25) is 0 Å². The molecule has 294 valence electrons. The van der Waals surface area contributed by atoms with Crippen LogP contribution in [0.5, 0.6) is 0 Å². The minimum Gasteiger partial charge on any atom is -0.309 e. The lowest BCUT2D eigenvalue weighted by atomic mass is 9.94. The zero-order chi connectivity index (χ0) is 41.7. The Kier molecular flexibility index (Phi) is 8.79. The van der Waals surface area contributed by atoms with Gasteiger partial charge in [-0.2, -0.15) is 0 Å². The molecule has 2 aromatic heterocycles. The second-order valence-corrected chi connectivity index (χ2v) is 15.9. The maximum atomic E-state index is 5.37. The molecular weight excluding hydrogens is 765 g/mol. The maximum absolute atomic E-state index is 5.37. The van der Waals surface area contributed by atoms with Gasteiger partial charge in [-0.05, 0) is 91.3 Å². The largest absolute Gasteiger partial charge is 0.309 e. The summed E-state index contributed by atoms with van der Waals surface area (Å²) in [4.78, 5) is 16.0. The third-order valence-electron chi connectivity index (χ3n) is 12.3. The summed E-state index contributed by atoms with van der Waals surface area (Å²) in [5.41, 5.74) is 13.2. The van der Waals surface area contributed by atoms with E-state index in [9.17, 15) is 0 Å². The molecule has 0 spiro atoms. The Morgan fingerprint density at radius 1 is 0.222 bits per heavy atom. The molecule has 0 saturated carbocycles. The van der Waals surface area contributed by atoms with Crippen molar-refractivity contribution in [3.8, 4) is 73.2 Å². The van der Waals surface area contributed by atoms with Crippen LogP contribution in [0.4, 0.5) is 0 Å². The fourth-order valence-corrected chi connectivity index (χ4v) is 9.38. The van der Waals surface area contributed by atoms with Gasteiger partial charge in [0, 0.05) is 33.2 Å². The number of fused-ring (bicyclic) bond motifs is 5. The Bertz CT molecular complexity index is 3610. The Morgan fingerprint density at radius 3 is 1.05 bits per heavy atom. The topological polar surface area (TPSA) is 43.6 Å². The van der Waals surface area contributed by atoms with Crippen molar-refractivity contribution >= 4 is 43.4 Å². The van der Waals surface area contributed by atoms with Crippen molar-refractivity contribution in [1.29, 1.82) is 0 Å². The molecule has 0 fully saturated rings. The summed E-state index contributed by atoms with van der Waals surface area (Å²) in [6.07, 6.45) is 0. The highest BCUT2D eigenvalue weighted by molar-refractivity contribution is 6.10. The van der Waals surface area contributed by atoms with E-state index in [1.54, 1.807) is 0 Å². The zero-order valence-electron chi connectivity index (χ0n) is 34.2. The van der Waals surface area contributed by atoms with E-state index in [2.05, 4.69) is 229 Å². The standard InChI is InChI=1S/C59H38N4/c1-3-17-39(18-4-1)43-21-7-12-28-52(43)57-60-58(53-37-35-44(40-19-5-2-6-20-40)46-22-8-10-24-48(46)53)62-59(61-57)54-38-36-45(47-23-9-11-25-49(47)54)41-31-33-42(34-32-41)63-55-29-15-13-26-50(55)51-27-14-16-30-56(51)63/h1-38H. The molecule has 0 radical (unpaired) electrons. The molecule has 10 aromatic carbocycles. The summed E-state index contributed by atoms with van der Waals surface area (Å²) in [7, 11) is 0. The number of hydrogen-bond acceptors (Lipinski definition) is 3. The van der Waals surface area contributed by atoms with Crippen molar-refractivity contribution < 1.29 is 0 Å². The summed E-state index contributed by atoms with van der Waals surface area (Å²) in [6, 6.07) is 81.6. The van der Waals surface area contributed by atoms with Crippen molar-refractivity contribution in [3.63, 3.8) is 0 Å². The first-order valence-corrected chi connectivity index (χ1v) is 21.4. The Labute approximate surface area is 365 Å². The molecule has 0 amide bonds. The first-order valence-electron chi connectivity index (χ1n) is 21.4. The molecule has 0 aliphatic heterocycles. The van der Waals surface area contributed by atoms with E-state index < -0.39 is 0 Å². The van der Waals surface area contributed by atoms with Gasteiger partial charge < -0.3 is 4.57 Å². The summed E-state index contributed by atoms with van der Waals surface area (Å²) >= 11 is 0. The van der Waals surface area contributed by atoms with Gasteiger partial charge in [0.25, 0.3) is 0 Å². The Balaban J connectivity index is 1.03. The molecule has 63 heavy (non-hydrogen) atoms. The third kappa shape index (κ3) is 6.27. The fourth-order valence-electron chi connectivity index (χ4n) is 9.38. The molecule has 4 nitrogen and oxygen atoms in total. The van der Waals surface area contributed by atoms with Gasteiger partial charge in [-0.1, -0.05) is 194 Å². The van der Waals surface area contributed by atoms with E-state index in [4.69, 9.17) is 15.0 Å². The molecule has 12 rings (SSSR count). The van der Waals surface area contributed by atoms with Crippen LogP contribution in [0.3, 0.4) is 0 Å². The fraction of sp³-hybridized carbons (Fsp3) is 0. The molecular formula is C59H38N4. The maximum Gasteiger partial charge on any atom is 0.164 e. The summed E-state index contributed by atoms with van der Waals surface area (Å²) in [5, 5.41) is 6.94. The normalized spacial score (nSPS) is 11.5. The first kappa shape index (κ1) is 36.4. The molecule has 2 heterocycles. The van der Waals surface area contributed by atoms with Crippen LogP contribution >= 0.6 is 0 Å². The molecule has 0 saturated heterocycles. The second kappa shape index (κ2) is 15.2. The van der Waals surface area contributed by atoms with Crippen LogP contribution in [-0.4, -0.2) is 19.5 Å². The second-order valence-electron chi connectivity index (χ2n) is 15.9. The van der Waals surface area contributed by atoms with Gasteiger partial charge in [-0.25, -0.2) is 15.0 Å².